The monoisotopic (exact) mass is 298 g/mol. The van der Waals surface area contributed by atoms with Crippen LogP contribution in [0.25, 0.3) is 0 Å². The second-order valence-electron chi connectivity index (χ2n) is 6.50. The van der Waals surface area contributed by atoms with Gasteiger partial charge in [0.1, 0.15) is 11.5 Å². The number of Topliss-reactive ketones (excluding diaryl/α,β-unsaturated/α-hetero) is 1. The Kier molecular flexibility index (Phi) is 3.39. The van der Waals surface area contributed by atoms with Crippen molar-refractivity contribution in [2.24, 2.45) is 5.41 Å². The quantitative estimate of drug-likeness (QED) is 0.622. The Hall–Kier alpha value is -2.36. The first kappa shape index (κ1) is 14.6. The van der Waals surface area contributed by atoms with Crippen LogP contribution in [0.4, 0.5) is 0 Å². The van der Waals surface area contributed by atoms with Crippen molar-refractivity contribution in [1.29, 1.82) is 0 Å². The molecule has 3 rings (SSSR count). The van der Waals surface area contributed by atoms with Gasteiger partial charge in [-0.3, -0.25) is 4.79 Å². The summed E-state index contributed by atoms with van der Waals surface area (Å²) in [4.78, 5) is 24.6. The molecule has 1 aromatic heterocycles. The number of ether oxygens (including phenoxy) is 1. The summed E-state index contributed by atoms with van der Waals surface area (Å²) in [6, 6.07) is 8.81. The summed E-state index contributed by atoms with van der Waals surface area (Å²) in [6.07, 6.45) is 1.11. The van der Waals surface area contributed by atoms with E-state index in [0.29, 0.717) is 35.5 Å². The zero-order valence-electron chi connectivity index (χ0n) is 12.9. The first-order chi connectivity index (χ1) is 10.4. The Morgan fingerprint density at radius 2 is 1.86 bits per heavy atom. The van der Waals surface area contributed by atoms with Crippen LogP contribution in [-0.2, 0) is 6.42 Å². The predicted molar refractivity (Wildman–Crippen MR) is 81.3 cm³/mol. The maximum Gasteiger partial charge on any atom is 0.379 e. The highest BCUT2D eigenvalue weighted by Gasteiger charge is 2.37. The molecule has 4 nitrogen and oxygen atoms in total. The molecule has 114 valence electrons. The van der Waals surface area contributed by atoms with Crippen molar-refractivity contribution in [3.63, 3.8) is 0 Å². The number of carbonyl (C=O) groups excluding carboxylic acids is 2. The van der Waals surface area contributed by atoms with E-state index in [0.717, 1.165) is 0 Å². The molecule has 0 fully saturated rings. The topological polar surface area (TPSA) is 56.5 Å². The van der Waals surface area contributed by atoms with E-state index in [1.165, 1.54) is 0 Å². The average Bonchev–Trinajstić information content (AvgIpc) is 2.75. The third-order valence-corrected chi connectivity index (χ3v) is 3.92. The molecule has 0 unspecified atom stereocenters. The van der Waals surface area contributed by atoms with Crippen LogP contribution in [0.15, 0.2) is 34.7 Å². The first-order valence-corrected chi connectivity index (χ1v) is 7.30. The minimum Gasteiger partial charge on any atom is -0.453 e. The lowest BCUT2D eigenvalue weighted by atomic mass is 9.76. The normalized spacial score (nSPS) is 16.2. The van der Waals surface area contributed by atoms with Gasteiger partial charge in [0.15, 0.2) is 5.78 Å². The molecule has 0 aliphatic heterocycles. The standard InChI is InChI=1S/C18H18O4/c1-11-15-13(19)9-18(2,3)10-14(15)22-16(11)17(20)21-12-7-5-4-6-8-12/h4-8H,9-10H2,1-3H3. The molecule has 0 saturated heterocycles. The molecule has 1 heterocycles. The van der Waals surface area contributed by atoms with Crippen molar-refractivity contribution in [3.8, 4) is 5.75 Å². The number of carbonyl (C=O) groups is 2. The van der Waals surface area contributed by atoms with Crippen molar-refractivity contribution in [2.45, 2.75) is 33.6 Å². The lowest BCUT2D eigenvalue weighted by molar-refractivity contribution is 0.0695. The number of benzene rings is 1. The van der Waals surface area contributed by atoms with E-state index in [9.17, 15) is 9.59 Å². The lowest BCUT2D eigenvalue weighted by Gasteiger charge is -2.27. The largest absolute Gasteiger partial charge is 0.453 e. The van der Waals surface area contributed by atoms with E-state index in [1.807, 2.05) is 19.9 Å². The van der Waals surface area contributed by atoms with Crippen molar-refractivity contribution in [3.05, 3.63) is 53.0 Å². The van der Waals surface area contributed by atoms with Gasteiger partial charge in [-0.2, -0.15) is 0 Å². The molecule has 0 amide bonds. The zero-order chi connectivity index (χ0) is 15.9. The minimum absolute atomic E-state index is 0.0336. The van der Waals surface area contributed by atoms with Gasteiger partial charge < -0.3 is 9.15 Å². The molecule has 0 bridgehead atoms. The highest BCUT2D eigenvalue weighted by atomic mass is 16.5. The number of fused-ring (bicyclic) bond motifs is 1. The summed E-state index contributed by atoms with van der Waals surface area (Å²) < 4.78 is 11.0. The van der Waals surface area contributed by atoms with E-state index >= 15 is 0 Å². The second-order valence-corrected chi connectivity index (χ2v) is 6.50. The predicted octanol–water partition coefficient (Wildman–Crippen LogP) is 3.96. The van der Waals surface area contributed by atoms with Crippen LogP contribution < -0.4 is 4.74 Å². The van der Waals surface area contributed by atoms with E-state index in [4.69, 9.17) is 9.15 Å². The van der Waals surface area contributed by atoms with Gasteiger partial charge >= 0.3 is 5.97 Å². The number of esters is 1. The molecule has 0 radical (unpaired) electrons. The molecule has 1 aliphatic carbocycles. The highest BCUT2D eigenvalue weighted by molar-refractivity contribution is 6.03. The van der Waals surface area contributed by atoms with Gasteiger partial charge in [0.2, 0.25) is 5.76 Å². The van der Waals surface area contributed by atoms with Crippen LogP contribution >= 0.6 is 0 Å². The fraction of sp³-hybridized carbons (Fsp3) is 0.333. The molecule has 1 aromatic carbocycles. The third-order valence-electron chi connectivity index (χ3n) is 3.92. The van der Waals surface area contributed by atoms with Crippen molar-refractivity contribution in [1.82, 2.24) is 0 Å². The number of para-hydroxylation sites is 1. The summed E-state index contributed by atoms with van der Waals surface area (Å²) >= 11 is 0. The van der Waals surface area contributed by atoms with Gasteiger partial charge in [0.25, 0.3) is 0 Å². The van der Waals surface area contributed by atoms with E-state index in [1.54, 1.807) is 31.2 Å². The van der Waals surface area contributed by atoms with Crippen LogP contribution in [0.1, 0.15) is 52.5 Å². The molecule has 2 aromatic rings. The van der Waals surface area contributed by atoms with Gasteiger partial charge in [-0.15, -0.1) is 0 Å². The van der Waals surface area contributed by atoms with Gasteiger partial charge in [-0.25, -0.2) is 4.79 Å². The highest BCUT2D eigenvalue weighted by Crippen LogP contribution is 2.38. The summed E-state index contributed by atoms with van der Waals surface area (Å²) in [5, 5.41) is 0. The zero-order valence-corrected chi connectivity index (χ0v) is 12.9. The van der Waals surface area contributed by atoms with Crippen molar-refractivity contribution in [2.75, 3.05) is 0 Å². The molecular weight excluding hydrogens is 280 g/mol. The summed E-state index contributed by atoms with van der Waals surface area (Å²) in [5.74, 6) is 0.640. The van der Waals surface area contributed by atoms with Crippen LogP contribution in [0.5, 0.6) is 5.75 Å². The summed E-state index contributed by atoms with van der Waals surface area (Å²) in [6.45, 7) is 5.78. The van der Waals surface area contributed by atoms with Crippen molar-refractivity contribution >= 4 is 11.8 Å². The number of rotatable bonds is 2. The molecule has 4 heteroatoms. The SMILES string of the molecule is Cc1c(C(=O)Oc2ccccc2)oc2c1C(=O)CC(C)(C)C2. The molecule has 1 aliphatic rings. The van der Waals surface area contributed by atoms with Gasteiger partial charge in [-0.05, 0) is 24.5 Å². The Labute approximate surface area is 129 Å². The maximum absolute atomic E-state index is 12.3. The average molecular weight is 298 g/mol. The number of hydrogen-bond donors (Lipinski definition) is 0. The fourth-order valence-electron chi connectivity index (χ4n) is 2.92. The maximum atomic E-state index is 12.3. The summed E-state index contributed by atoms with van der Waals surface area (Å²) in [5.41, 5.74) is 0.991. The molecule has 0 spiro atoms. The van der Waals surface area contributed by atoms with Crippen LogP contribution in [0, 0.1) is 12.3 Å². The number of furan rings is 1. The van der Waals surface area contributed by atoms with E-state index < -0.39 is 5.97 Å². The van der Waals surface area contributed by atoms with Crippen molar-refractivity contribution < 1.29 is 18.7 Å². The van der Waals surface area contributed by atoms with E-state index in [2.05, 4.69) is 0 Å². The van der Waals surface area contributed by atoms with Gasteiger partial charge in [0, 0.05) is 18.4 Å². The third kappa shape index (κ3) is 2.56. The molecule has 0 saturated carbocycles. The van der Waals surface area contributed by atoms with Crippen LogP contribution in [0.3, 0.4) is 0 Å². The van der Waals surface area contributed by atoms with Gasteiger partial charge in [-0.1, -0.05) is 32.0 Å². The first-order valence-electron chi connectivity index (χ1n) is 7.30. The molecule has 0 N–H and O–H groups in total. The lowest BCUT2D eigenvalue weighted by Crippen LogP contribution is -2.26. The van der Waals surface area contributed by atoms with E-state index in [-0.39, 0.29) is 17.0 Å². The number of ketones is 1. The Balaban J connectivity index is 1.93. The fourth-order valence-corrected chi connectivity index (χ4v) is 2.92. The Morgan fingerprint density at radius 1 is 1.18 bits per heavy atom. The molecule has 22 heavy (non-hydrogen) atoms. The smallest absolute Gasteiger partial charge is 0.379 e. The Morgan fingerprint density at radius 3 is 2.55 bits per heavy atom. The molecular formula is C18H18O4. The summed E-state index contributed by atoms with van der Waals surface area (Å²) in [7, 11) is 0. The molecule has 0 atom stereocenters. The number of hydrogen-bond acceptors (Lipinski definition) is 4. The van der Waals surface area contributed by atoms with Crippen LogP contribution in [-0.4, -0.2) is 11.8 Å². The second kappa shape index (κ2) is 5.13. The van der Waals surface area contributed by atoms with Gasteiger partial charge in [0.05, 0.1) is 5.56 Å². The van der Waals surface area contributed by atoms with Crippen LogP contribution in [0.2, 0.25) is 0 Å². The minimum atomic E-state index is -0.566. The Bertz CT molecular complexity index is 738.